The average molecular weight is 340 g/mol. The first-order valence-corrected chi connectivity index (χ1v) is 8.75. The summed E-state index contributed by atoms with van der Waals surface area (Å²) < 4.78 is 5.48. The number of ether oxygens (including phenoxy) is 1. The highest BCUT2D eigenvalue weighted by Crippen LogP contribution is 2.44. The molecule has 0 saturated carbocycles. The summed E-state index contributed by atoms with van der Waals surface area (Å²) in [6.45, 7) is 5.72. The Morgan fingerprint density at radius 1 is 0.692 bits per heavy atom. The van der Waals surface area contributed by atoms with Crippen LogP contribution in [0.5, 0.6) is 5.75 Å². The van der Waals surface area contributed by atoms with Crippen molar-refractivity contribution in [2.45, 2.75) is 20.8 Å². The smallest absolute Gasteiger partial charge is 0.308 e. The van der Waals surface area contributed by atoms with Crippen LogP contribution in [-0.4, -0.2) is 5.97 Å². The highest BCUT2D eigenvalue weighted by Gasteiger charge is 2.19. The predicted octanol–water partition coefficient (Wildman–Crippen LogP) is 6.11. The highest BCUT2D eigenvalue weighted by molar-refractivity contribution is 5.93. The van der Waals surface area contributed by atoms with E-state index in [-0.39, 0.29) is 5.97 Å². The fourth-order valence-electron chi connectivity index (χ4n) is 3.69. The van der Waals surface area contributed by atoms with Crippen molar-refractivity contribution in [2.24, 2.45) is 0 Å². The van der Waals surface area contributed by atoms with Gasteiger partial charge in [-0.15, -0.1) is 0 Å². The van der Waals surface area contributed by atoms with Gasteiger partial charge in [-0.2, -0.15) is 0 Å². The number of esters is 1. The maximum absolute atomic E-state index is 11.5. The van der Waals surface area contributed by atoms with Crippen LogP contribution in [0.3, 0.4) is 0 Å². The zero-order valence-corrected chi connectivity index (χ0v) is 15.2. The zero-order valence-electron chi connectivity index (χ0n) is 15.2. The van der Waals surface area contributed by atoms with Gasteiger partial charge in [0, 0.05) is 12.5 Å². The minimum absolute atomic E-state index is 0.306. The van der Waals surface area contributed by atoms with E-state index in [4.69, 9.17) is 4.74 Å². The molecule has 0 aliphatic heterocycles. The summed E-state index contributed by atoms with van der Waals surface area (Å²) in [7, 11) is 0. The summed E-state index contributed by atoms with van der Waals surface area (Å²) in [6, 6.07) is 22.9. The first-order chi connectivity index (χ1) is 12.5. The number of hydrogen-bond donors (Lipinski definition) is 0. The van der Waals surface area contributed by atoms with Gasteiger partial charge in [0.1, 0.15) is 5.75 Å². The maximum atomic E-state index is 11.5. The van der Waals surface area contributed by atoms with Gasteiger partial charge in [0.2, 0.25) is 0 Å². The second-order valence-electron chi connectivity index (χ2n) is 6.72. The molecule has 0 N–H and O–H groups in total. The Labute approximate surface area is 153 Å². The van der Waals surface area contributed by atoms with E-state index < -0.39 is 0 Å². The molecule has 0 fully saturated rings. The van der Waals surface area contributed by atoms with Crippen LogP contribution in [-0.2, 0) is 4.79 Å². The van der Waals surface area contributed by atoms with E-state index in [1.54, 1.807) is 0 Å². The minimum atomic E-state index is -0.306. The minimum Gasteiger partial charge on any atom is -0.426 e. The molecular formula is C24H20O2. The first-order valence-electron chi connectivity index (χ1n) is 8.75. The van der Waals surface area contributed by atoms with E-state index in [2.05, 4.69) is 50.2 Å². The topological polar surface area (TPSA) is 26.3 Å². The lowest BCUT2D eigenvalue weighted by Gasteiger charge is -2.02. The van der Waals surface area contributed by atoms with E-state index in [9.17, 15) is 4.79 Å². The first kappa shape index (κ1) is 16.3. The quantitative estimate of drug-likeness (QED) is 0.412. The molecule has 0 spiro atoms. The molecular weight excluding hydrogens is 320 g/mol. The number of carbonyl (C=O) groups is 1. The molecule has 0 aromatic carbocycles. The Morgan fingerprint density at radius 3 is 1.88 bits per heavy atom. The van der Waals surface area contributed by atoms with Crippen molar-refractivity contribution >= 4 is 5.97 Å². The van der Waals surface area contributed by atoms with Crippen molar-refractivity contribution in [3.8, 4) is 39.1 Å². The highest BCUT2D eigenvalue weighted by atomic mass is 16.5. The number of fused-ring (bicyclic) bond motifs is 2. The fourth-order valence-corrected chi connectivity index (χ4v) is 3.69. The van der Waals surface area contributed by atoms with E-state index >= 15 is 0 Å². The van der Waals surface area contributed by atoms with Crippen LogP contribution in [0.2, 0.25) is 0 Å². The molecule has 4 aliphatic rings. The van der Waals surface area contributed by atoms with E-state index in [0.717, 1.165) is 22.3 Å². The Morgan fingerprint density at radius 2 is 1.27 bits per heavy atom. The molecule has 0 saturated heterocycles. The summed E-state index contributed by atoms with van der Waals surface area (Å²) in [6.07, 6.45) is 0. The zero-order chi connectivity index (χ0) is 18.3. The molecule has 0 radical (unpaired) electrons. The van der Waals surface area contributed by atoms with Crippen molar-refractivity contribution in [1.29, 1.82) is 0 Å². The molecule has 2 nitrogen and oxygen atoms in total. The van der Waals surface area contributed by atoms with Gasteiger partial charge in [0.25, 0.3) is 0 Å². The van der Waals surface area contributed by atoms with E-state index in [0.29, 0.717) is 5.75 Å². The third-order valence-corrected chi connectivity index (χ3v) is 4.84. The van der Waals surface area contributed by atoms with E-state index in [1.807, 2.05) is 30.3 Å². The molecule has 0 bridgehead atoms. The summed E-state index contributed by atoms with van der Waals surface area (Å²) >= 11 is 0. The van der Waals surface area contributed by atoms with Gasteiger partial charge in [-0.1, -0.05) is 60.7 Å². The number of rotatable bonds is 2. The molecule has 4 aliphatic carbocycles. The second kappa shape index (κ2) is 6.30. The second-order valence-corrected chi connectivity index (χ2v) is 6.72. The summed E-state index contributed by atoms with van der Waals surface area (Å²) in [5.74, 6) is 0.305. The lowest BCUT2D eigenvalue weighted by molar-refractivity contribution is -0.131. The van der Waals surface area contributed by atoms with Crippen LogP contribution in [0.1, 0.15) is 18.1 Å². The lowest BCUT2D eigenvalue weighted by atomic mass is 10.0. The molecule has 0 heterocycles. The van der Waals surface area contributed by atoms with Gasteiger partial charge < -0.3 is 4.74 Å². The molecule has 0 amide bonds. The van der Waals surface area contributed by atoms with Crippen LogP contribution in [0, 0.1) is 13.8 Å². The van der Waals surface area contributed by atoms with Crippen molar-refractivity contribution in [3.63, 3.8) is 0 Å². The summed E-state index contributed by atoms with van der Waals surface area (Å²) in [5.41, 5.74) is 9.25. The molecule has 0 atom stereocenters. The molecule has 26 heavy (non-hydrogen) atoms. The van der Waals surface area contributed by atoms with Crippen LogP contribution in [0.15, 0.2) is 66.7 Å². The van der Waals surface area contributed by atoms with Crippen LogP contribution in [0.25, 0.3) is 33.4 Å². The van der Waals surface area contributed by atoms with Gasteiger partial charge in [-0.25, -0.2) is 0 Å². The van der Waals surface area contributed by atoms with Gasteiger partial charge in [-0.05, 0) is 58.9 Å². The Hall–Kier alpha value is -3.13. The number of hydrogen-bond acceptors (Lipinski definition) is 2. The Balaban J connectivity index is 2.00. The molecule has 128 valence electrons. The lowest BCUT2D eigenvalue weighted by Crippen LogP contribution is -2.00. The number of carbonyl (C=O) groups excluding carboxylic acids is 1. The molecule has 0 unspecified atom stereocenters. The predicted molar refractivity (Wildman–Crippen MR) is 106 cm³/mol. The molecule has 4 rings (SSSR count). The monoisotopic (exact) mass is 340 g/mol. The normalized spacial score (nSPS) is 11.0. The average Bonchev–Trinajstić information content (AvgIpc) is 3.09. The van der Waals surface area contributed by atoms with Crippen molar-refractivity contribution in [3.05, 3.63) is 77.9 Å². The fraction of sp³-hybridized carbons (Fsp3) is 0.125. The van der Waals surface area contributed by atoms with Crippen molar-refractivity contribution in [1.82, 2.24) is 0 Å². The van der Waals surface area contributed by atoms with Crippen LogP contribution >= 0.6 is 0 Å². The third-order valence-electron chi connectivity index (χ3n) is 4.84. The third kappa shape index (κ3) is 2.74. The van der Waals surface area contributed by atoms with Crippen molar-refractivity contribution in [2.75, 3.05) is 0 Å². The van der Waals surface area contributed by atoms with Crippen LogP contribution in [0.4, 0.5) is 0 Å². The van der Waals surface area contributed by atoms with Gasteiger partial charge in [-0.3, -0.25) is 4.79 Å². The van der Waals surface area contributed by atoms with E-state index in [1.165, 1.54) is 29.2 Å². The Kier molecular flexibility index (Phi) is 3.96. The summed E-state index contributed by atoms with van der Waals surface area (Å²) in [4.78, 5) is 11.5. The van der Waals surface area contributed by atoms with Gasteiger partial charge >= 0.3 is 5.97 Å². The van der Waals surface area contributed by atoms with Crippen molar-refractivity contribution < 1.29 is 9.53 Å². The SMILES string of the molecule is CC(=O)Oc1cc(-c2cc(C)c3cccc-3c(C)c2)c2cccccc1-2. The number of aryl methyl sites for hydroxylation is 2. The molecule has 0 aromatic rings. The standard InChI is InChI=1S/C24H20O2/c1-15-12-18(13-16(2)20-11-7-10-19(15)20)23-14-24(26-17(3)25)22-9-6-4-5-8-21(22)23/h4-14H,1-3H3. The van der Waals surface area contributed by atoms with Gasteiger partial charge in [0.15, 0.2) is 0 Å². The van der Waals surface area contributed by atoms with Gasteiger partial charge in [0.05, 0.1) is 0 Å². The van der Waals surface area contributed by atoms with Crippen LogP contribution < -0.4 is 4.74 Å². The Bertz CT molecular complexity index is 1020. The summed E-state index contributed by atoms with van der Waals surface area (Å²) in [5, 5.41) is 0. The largest absolute Gasteiger partial charge is 0.426 e. The molecule has 2 heteroatoms. The maximum Gasteiger partial charge on any atom is 0.308 e. The molecule has 0 aromatic heterocycles.